The molecule has 0 amide bonds. The van der Waals surface area contributed by atoms with Crippen molar-refractivity contribution in [3.63, 3.8) is 0 Å². The highest BCUT2D eigenvalue weighted by molar-refractivity contribution is 5.92. The zero-order chi connectivity index (χ0) is 19.0. The molecule has 4 aromatic rings. The first-order chi connectivity index (χ1) is 13.0. The van der Waals surface area contributed by atoms with Gasteiger partial charge in [-0.3, -0.25) is 10.1 Å². The fourth-order valence-electron chi connectivity index (χ4n) is 3.02. The van der Waals surface area contributed by atoms with E-state index < -0.39 is 16.6 Å². The SMILES string of the molecule is O=[N+]([O-])c1ccc2nc(-c3ccccc3F)c(-c3ccccc3F)cc2c1. The Bertz CT molecular complexity index is 1190. The Morgan fingerprint density at radius 2 is 1.41 bits per heavy atom. The summed E-state index contributed by atoms with van der Waals surface area (Å²) < 4.78 is 28.9. The molecule has 1 heterocycles. The van der Waals surface area contributed by atoms with Gasteiger partial charge in [-0.15, -0.1) is 0 Å². The number of fused-ring (bicyclic) bond motifs is 1. The summed E-state index contributed by atoms with van der Waals surface area (Å²) in [6.45, 7) is 0. The number of aromatic nitrogens is 1. The van der Waals surface area contributed by atoms with Crippen LogP contribution in [-0.2, 0) is 0 Å². The van der Waals surface area contributed by atoms with Crippen LogP contribution in [0.15, 0.2) is 72.8 Å². The number of nitro benzene ring substituents is 1. The van der Waals surface area contributed by atoms with Gasteiger partial charge in [0, 0.05) is 34.2 Å². The van der Waals surface area contributed by atoms with Gasteiger partial charge in [0.2, 0.25) is 0 Å². The number of non-ortho nitro benzene ring substituents is 1. The number of rotatable bonds is 3. The number of halogens is 2. The minimum Gasteiger partial charge on any atom is -0.258 e. The van der Waals surface area contributed by atoms with E-state index in [9.17, 15) is 18.9 Å². The van der Waals surface area contributed by atoms with E-state index in [1.54, 1.807) is 42.5 Å². The highest BCUT2D eigenvalue weighted by atomic mass is 19.1. The van der Waals surface area contributed by atoms with Crippen molar-refractivity contribution in [2.24, 2.45) is 0 Å². The lowest BCUT2D eigenvalue weighted by atomic mass is 9.96. The highest BCUT2D eigenvalue weighted by Crippen LogP contribution is 2.36. The van der Waals surface area contributed by atoms with Gasteiger partial charge in [0.05, 0.1) is 16.1 Å². The van der Waals surface area contributed by atoms with Gasteiger partial charge in [-0.2, -0.15) is 0 Å². The van der Waals surface area contributed by atoms with Crippen LogP contribution in [0, 0.1) is 21.7 Å². The molecule has 0 aliphatic carbocycles. The molecule has 0 saturated carbocycles. The van der Waals surface area contributed by atoms with Crippen molar-refractivity contribution in [3.05, 3.63) is 94.5 Å². The van der Waals surface area contributed by atoms with Crippen LogP contribution in [-0.4, -0.2) is 9.91 Å². The highest BCUT2D eigenvalue weighted by Gasteiger charge is 2.18. The maximum atomic E-state index is 14.4. The van der Waals surface area contributed by atoms with E-state index in [-0.39, 0.29) is 22.5 Å². The first kappa shape index (κ1) is 16.8. The lowest BCUT2D eigenvalue weighted by Gasteiger charge is -2.13. The van der Waals surface area contributed by atoms with Gasteiger partial charge in [-0.25, -0.2) is 13.8 Å². The summed E-state index contributed by atoms with van der Waals surface area (Å²) in [6, 6.07) is 18.0. The lowest BCUT2D eigenvalue weighted by Crippen LogP contribution is -1.96. The summed E-state index contributed by atoms with van der Waals surface area (Å²) >= 11 is 0. The van der Waals surface area contributed by atoms with Crippen LogP contribution in [0.3, 0.4) is 0 Å². The van der Waals surface area contributed by atoms with Crippen molar-refractivity contribution in [1.82, 2.24) is 4.98 Å². The molecule has 0 N–H and O–H groups in total. The largest absolute Gasteiger partial charge is 0.270 e. The number of hydrogen-bond acceptors (Lipinski definition) is 3. The van der Waals surface area contributed by atoms with Gasteiger partial charge < -0.3 is 0 Å². The van der Waals surface area contributed by atoms with E-state index in [1.807, 2.05) is 0 Å². The molecule has 27 heavy (non-hydrogen) atoms. The summed E-state index contributed by atoms with van der Waals surface area (Å²) in [7, 11) is 0. The third kappa shape index (κ3) is 3.01. The molecule has 0 unspecified atom stereocenters. The Hall–Kier alpha value is -3.67. The topological polar surface area (TPSA) is 56.0 Å². The number of nitrogens with zero attached hydrogens (tertiary/aromatic N) is 2. The molecule has 4 nitrogen and oxygen atoms in total. The van der Waals surface area contributed by atoms with Crippen LogP contribution in [0.25, 0.3) is 33.3 Å². The van der Waals surface area contributed by atoms with E-state index in [0.29, 0.717) is 16.5 Å². The molecule has 0 aliphatic rings. The Balaban J connectivity index is 2.07. The van der Waals surface area contributed by atoms with E-state index in [1.165, 1.54) is 30.3 Å². The van der Waals surface area contributed by atoms with Crippen LogP contribution < -0.4 is 0 Å². The lowest BCUT2D eigenvalue weighted by molar-refractivity contribution is -0.384. The monoisotopic (exact) mass is 362 g/mol. The van der Waals surface area contributed by atoms with Gasteiger partial charge in [0.1, 0.15) is 11.6 Å². The normalized spacial score (nSPS) is 10.9. The Morgan fingerprint density at radius 3 is 2.04 bits per heavy atom. The fourth-order valence-corrected chi connectivity index (χ4v) is 3.02. The van der Waals surface area contributed by atoms with Gasteiger partial charge in [0.25, 0.3) is 5.69 Å². The van der Waals surface area contributed by atoms with E-state index in [4.69, 9.17) is 0 Å². The minimum atomic E-state index is -0.507. The molecule has 0 radical (unpaired) electrons. The third-order valence-electron chi connectivity index (χ3n) is 4.30. The number of hydrogen-bond donors (Lipinski definition) is 0. The Morgan fingerprint density at radius 1 is 0.778 bits per heavy atom. The average Bonchev–Trinajstić information content (AvgIpc) is 2.67. The molecule has 3 aromatic carbocycles. The van der Waals surface area contributed by atoms with Crippen LogP contribution in [0.5, 0.6) is 0 Å². The zero-order valence-corrected chi connectivity index (χ0v) is 13.9. The average molecular weight is 362 g/mol. The van der Waals surface area contributed by atoms with Gasteiger partial charge in [-0.05, 0) is 30.3 Å². The van der Waals surface area contributed by atoms with Crippen molar-refractivity contribution in [2.75, 3.05) is 0 Å². The zero-order valence-electron chi connectivity index (χ0n) is 13.9. The predicted octanol–water partition coefficient (Wildman–Crippen LogP) is 5.76. The Kier molecular flexibility index (Phi) is 4.08. The summed E-state index contributed by atoms with van der Waals surface area (Å²) in [5.74, 6) is -0.967. The second kappa shape index (κ2) is 6.57. The molecule has 0 saturated heterocycles. The smallest absolute Gasteiger partial charge is 0.258 e. The molecule has 1 aromatic heterocycles. The summed E-state index contributed by atoms with van der Waals surface area (Å²) in [5, 5.41) is 11.5. The van der Waals surface area contributed by atoms with Crippen LogP contribution in [0.1, 0.15) is 0 Å². The molecular formula is C21H12F2N2O2. The van der Waals surface area contributed by atoms with Crippen LogP contribution >= 0.6 is 0 Å². The molecule has 0 atom stereocenters. The molecule has 6 heteroatoms. The molecule has 132 valence electrons. The summed E-state index contributed by atoms with van der Waals surface area (Å²) in [6.07, 6.45) is 0. The van der Waals surface area contributed by atoms with E-state index in [2.05, 4.69) is 4.98 Å². The molecule has 0 fully saturated rings. The van der Waals surface area contributed by atoms with E-state index >= 15 is 0 Å². The molecule has 0 spiro atoms. The second-order valence-electron chi connectivity index (χ2n) is 5.98. The van der Waals surface area contributed by atoms with Crippen molar-refractivity contribution in [1.29, 1.82) is 0 Å². The van der Waals surface area contributed by atoms with Crippen molar-refractivity contribution in [2.45, 2.75) is 0 Å². The number of nitro groups is 1. The second-order valence-corrected chi connectivity index (χ2v) is 5.98. The summed E-state index contributed by atoms with van der Waals surface area (Å²) in [4.78, 5) is 15.1. The molecular weight excluding hydrogens is 350 g/mol. The van der Waals surface area contributed by atoms with Gasteiger partial charge in [0.15, 0.2) is 0 Å². The summed E-state index contributed by atoms with van der Waals surface area (Å²) in [5.41, 5.74) is 1.49. The number of benzene rings is 3. The predicted molar refractivity (Wildman–Crippen MR) is 99.2 cm³/mol. The standard InChI is InChI=1S/C21H12F2N2O2/c22-18-7-3-1-5-15(18)17-12-13-11-14(25(26)27)9-10-20(13)24-21(17)16-6-2-4-8-19(16)23/h1-12H. The molecule has 4 rings (SSSR count). The van der Waals surface area contributed by atoms with E-state index in [0.717, 1.165) is 0 Å². The maximum Gasteiger partial charge on any atom is 0.270 e. The number of pyridine rings is 1. The first-order valence-corrected chi connectivity index (χ1v) is 8.13. The Labute approximate surface area is 152 Å². The maximum absolute atomic E-state index is 14.4. The fraction of sp³-hybridized carbons (Fsp3) is 0. The van der Waals surface area contributed by atoms with Crippen LogP contribution in [0.2, 0.25) is 0 Å². The van der Waals surface area contributed by atoms with Gasteiger partial charge in [-0.1, -0.05) is 30.3 Å². The van der Waals surface area contributed by atoms with Crippen LogP contribution in [0.4, 0.5) is 14.5 Å². The van der Waals surface area contributed by atoms with Gasteiger partial charge >= 0.3 is 0 Å². The quantitative estimate of drug-likeness (QED) is 0.344. The molecule has 0 bridgehead atoms. The minimum absolute atomic E-state index is 0.0950. The van der Waals surface area contributed by atoms with Crippen molar-refractivity contribution in [3.8, 4) is 22.4 Å². The third-order valence-corrected chi connectivity index (χ3v) is 4.30. The molecule has 0 aliphatic heterocycles. The first-order valence-electron chi connectivity index (χ1n) is 8.13. The van der Waals surface area contributed by atoms with Crippen molar-refractivity contribution >= 4 is 16.6 Å². The van der Waals surface area contributed by atoms with Crippen molar-refractivity contribution < 1.29 is 13.7 Å².